The SMILES string of the molecule is NC1CCCC(F)(c2cc3cccc(F)c3o2)C1. The number of rotatable bonds is 1. The van der Waals surface area contributed by atoms with E-state index in [0.717, 1.165) is 12.8 Å². The van der Waals surface area contributed by atoms with Crippen LogP contribution in [-0.2, 0) is 5.67 Å². The molecule has 96 valence electrons. The van der Waals surface area contributed by atoms with E-state index >= 15 is 0 Å². The minimum atomic E-state index is -1.55. The van der Waals surface area contributed by atoms with Crippen molar-refractivity contribution in [2.45, 2.75) is 37.4 Å². The Bertz CT molecular complexity index is 580. The Labute approximate surface area is 104 Å². The summed E-state index contributed by atoms with van der Waals surface area (Å²) in [6.07, 6.45) is 2.20. The van der Waals surface area contributed by atoms with Gasteiger partial charge in [0.2, 0.25) is 0 Å². The van der Waals surface area contributed by atoms with Gasteiger partial charge in [0, 0.05) is 17.8 Å². The highest BCUT2D eigenvalue weighted by Crippen LogP contribution is 2.42. The van der Waals surface area contributed by atoms with Crippen LogP contribution >= 0.6 is 0 Å². The molecule has 2 unspecified atom stereocenters. The molecule has 0 aliphatic heterocycles. The summed E-state index contributed by atoms with van der Waals surface area (Å²) in [4.78, 5) is 0. The van der Waals surface area contributed by atoms with Gasteiger partial charge in [-0.2, -0.15) is 0 Å². The van der Waals surface area contributed by atoms with Crippen LogP contribution in [0.1, 0.15) is 31.4 Å². The average Bonchev–Trinajstić information content (AvgIpc) is 2.75. The third-order valence-corrected chi connectivity index (χ3v) is 3.67. The summed E-state index contributed by atoms with van der Waals surface area (Å²) >= 11 is 0. The fourth-order valence-electron chi connectivity index (χ4n) is 2.74. The van der Waals surface area contributed by atoms with Crippen molar-refractivity contribution in [3.05, 3.63) is 35.8 Å². The third kappa shape index (κ3) is 1.81. The Kier molecular flexibility index (Phi) is 2.63. The summed E-state index contributed by atoms with van der Waals surface area (Å²) in [7, 11) is 0. The smallest absolute Gasteiger partial charge is 0.170 e. The number of hydrogen-bond donors (Lipinski definition) is 1. The van der Waals surface area contributed by atoms with Gasteiger partial charge in [-0.1, -0.05) is 12.1 Å². The largest absolute Gasteiger partial charge is 0.455 e. The second-order valence-electron chi connectivity index (χ2n) is 5.09. The lowest BCUT2D eigenvalue weighted by Crippen LogP contribution is -2.35. The van der Waals surface area contributed by atoms with Crippen molar-refractivity contribution >= 4 is 11.0 Å². The van der Waals surface area contributed by atoms with Crippen molar-refractivity contribution in [2.75, 3.05) is 0 Å². The molecule has 18 heavy (non-hydrogen) atoms. The first-order chi connectivity index (χ1) is 8.58. The van der Waals surface area contributed by atoms with Crippen LogP contribution in [0.25, 0.3) is 11.0 Å². The molecular formula is C14H15F2NO. The summed E-state index contributed by atoms with van der Waals surface area (Å²) in [5.41, 5.74) is 4.39. The Morgan fingerprint density at radius 1 is 1.39 bits per heavy atom. The van der Waals surface area contributed by atoms with Gasteiger partial charge in [-0.05, 0) is 31.4 Å². The first-order valence-electron chi connectivity index (χ1n) is 6.21. The van der Waals surface area contributed by atoms with Crippen LogP contribution < -0.4 is 5.73 Å². The first kappa shape index (κ1) is 11.7. The minimum Gasteiger partial charge on any atom is -0.455 e. The molecule has 1 heterocycles. The van der Waals surface area contributed by atoms with Crippen LogP contribution in [0.4, 0.5) is 8.78 Å². The lowest BCUT2D eigenvalue weighted by atomic mass is 9.82. The molecule has 1 aromatic heterocycles. The van der Waals surface area contributed by atoms with Crippen molar-refractivity contribution in [1.29, 1.82) is 0 Å². The second-order valence-corrected chi connectivity index (χ2v) is 5.09. The average molecular weight is 251 g/mol. The van der Waals surface area contributed by atoms with Crippen LogP contribution in [0.5, 0.6) is 0 Å². The zero-order valence-corrected chi connectivity index (χ0v) is 9.96. The van der Waals surface area contributed by atoms with E-state index < -0.39 is 11.5 Å². The van der Waals surface area contributed by atoms with Crippen molar-refractivity contribution < 1.29 is 13.2 Å². The fourth-order valence-corrected chi connectivity index (χ4v) is 2.74. The van der Waals surface area contributed by atoms with Crippen LogP contribution in [0.2, 0.25) is 0 Å². The number of alkyl halides is 1. The summed E-state index contributed by atoms with van der Waals surface area (Å²) in [6, 6.07) is 6.07. The van der Waals surface area contributed by atoms with Crippen LogP contribution in [0.3, 0.4) is 0 Å². The van der Waals surface area contributed by atoms with E-state index in [9.17, 15) is 8.78 Å². The zero-order valence-electron chi connectivity index (χ0n) is 9.96. The molecule has 0 bridgehead atoms. The number of fused-ring (bicyclic) bond motifs is 1. The number of halogens is 2. The standard InChI is InChI=1S/C14H15F2NO/c15-11-5-1-3-9-7-12(18-13(9)11)14(16)6-2-4-10(17)8-14/h1,3,5,7,10H,2,4,6,8,17H2. The highest BCUT2D eigenvalue weighted by atomic mass is 19.1. The Balaban J connectivity index is 2.06. The van der Waals surface area contributed by atoms with E-state index in [1.54, 1.807) is 18.2 Å². The van der Waals surface area contributed by atoms with Crippen molar-refractivity contribution in [3.8, 4) is 0 Å². The van der Waals surface area contributed by atoms with Gasteiger partial charge in [0.15, 0.2) is 17.1 Å². The molecule has 1 saturated carbocycles. The van der Waals surface area contributed by atoms with E-state index in [4.69, 9.17) is 10.2 Å². The predicted molar refractivity (Wildman–Crippen MR) is 65.4 cm³/mol. The number of para-hydroxylation sites is 1. The fraction of sp³-hybridized carbons (Fsp3) is 0.429. The number of nitrogens with two attached hydrogens (primary N) is 1. The quantitative estimate of drug-likeness (QED) is 0.840. The first-order valence-corrected chi connectivity index (χ1v) is 6.21. The normalized spacial score (nSPS) is 28.7. The highest BCUT2D eigenvalue weighted by molar-refractivity contribution is 5.78. The molecule has 2 aromatic rings. The van der Waals surface area contributed by atoms with E-state index in [1.165, 1.54) is 6.07 Å². The molecule has 0 amide bonds. The van der Waals surface area contributed by atoms with Crippen molar-refractivity contribution in [1.82, 2.24) is 0 Å². The van der Waals surface area contributed by atoms with Crippen LogP contribution in [0, 0.1) is 5.82 Å². The van der Waals surface area contributed by atoms with Gasteiger partial charge < -0.3 is 10.2 Å². The van der Waals surface area contributed by atoms with Gasteiger partial charge in [0.1, 0.15) is 5.76 Å². The molecule has 2 N–H and O–H groups in total. The van der Waals surface area contributed by atoms with E-state index in [0.29, 0.717) is 11.8 Å². The maximum atomic E-state index is 14.8. The Hall–Kier alpha value is -1.42. The Morgan fingerprint density at radius 3 is 2.94 bits per heavy atom. The molecule has 1 aliphatic carbocycles. The molecule has 1 aromatic carbocycles. The third-order valence-electron chi connectivity index (χ3n) is 3.67. The topological polar surface area (TPSA) is 39.2 Å². The molecule has 1 fully saturated rings. The molecular weight excluding hydrogens is 236 g/mol. The van der Waals surface area contributed by atoms with E-state index in [2.05, 4.69) is 0 Å². The second kappa shape index (κ2) is 4.05. The summed E-state index contributed by atoms with van der Waals surface area (Å²) in [6.45, 7) is 0. The summed E-state index contributed by atoms with van der Waals surface area (Å²) in [5.74, 6) is -0.250. The van der Waals surface area contributed by atoms with Crippen LogP contribution in [-0.4, -0.2) is 6.04 Å². The van der Waals surface area contributed by atoms with Crippen molar-refractivity contribution in [2.24, 2.45) is 5.73 Å². The molecule has 0 radical (unpaired) electrons. The molecule has 0 spiro atoms. The number of benzene rings is 1. The van der Waals surface area contributed by atoms with Crippen LogP contribution in [0.15, 0.2) is 28.7 Å². The van der Waals surface area contributed by atoms with Gasteiger partial charge in [0.05, 0.1) is 0 Å². The van der Waals surface area contributed by atoms with Gasteiger partial charge in [-0.15, -0.1) is 0 Å². The van der Waals surface area contributed by atoms with Gasteiger partial charge in [-0.3, -0.25) is 0 Å². The maximum absolute atomic E-state index is 14.8. The highest BCUT2D eigenvalue weighted by Gasteiger charge is 2.40. The van der Waals surface area contributed by atoms with Gasteiger partial charge in [0.25, 0.3) is 0 Å². The van der Waals surface area contributed by atoms with Crippen molar-refractivity contribution in [3.63, 3.8) is 0 Å². The molecule has 2 atom stereocenters. The molecule has 1 aliphatic rings. The summed E-state index contributed by atoms with van der Waals surface area (Å²) < 4.78 is 33.7. The van der Waals surface area contributed by atoms with Gasteiger partial charge >= 0.3 is 0 Å². The lowest BCUT2D eigenvalue weighted by molar-refractivity contribution is 0.0707. The molecule has 3 rings (SSSR count). The lowest BCUT2D eigenvalue weighted by Gasteiger charge is -2.31. The summed E-state index contributed by atoms with van der Waals surface area (Å²) in [5, 5.41) is 0.598. The minimum absolute atomic E-state index is 0.128. The maximum Gasteiger partial charge on any atom is 0.170 e. The number of hydrogen-bond acceptors (Lipinski definition) is 2. The molecule has 2 nitrogen and oxygen atoms in total. The Morgan fingerprint density at radius 2 is 2.22 bits per heavy atom. The molecule has 0 saturated heterocycles. The monoisotopic (exact) mass is 251 g/mol. The number of furan rings is 1. The van der Waals surface area contributed by atoms with E-state index in [-0.39, 0.29) is 23.8 Å². The molecule has 4 heteroatoms. The predicted octanol–water partition coefficient (Wildman–Crippen LogP) is 3.64. The van der Waals surface area contributed by atoms with E-state index in [1.807, 2.05) is 0 Å². The zero-order chi connectivity index (χ0) is 12.8. The van der Waals surface area contributed by atoms with Gasteiger partial charge in [-0.25, -0.2) is 8.78 Å².